The lowest BCUT2D eigenvalue weighted by Gasteiger charge is -2.04. The summed E-state index contributed by atoms with van der Waals surface area (Å²) in [6.45, 7) is 0.615. The van der Waals surface area contributed by atoms with Crippen molar-refractivity contribution in [3.05, 3.63) is 30.3 Å². The first-order valence-electron chi connectivity index (χ1n) is 4.30. The fourth-order valence-electron chi connectivity index (χ4n) is 0.969. The molecule has 0 aliphatic carbocycles. The van der Waals surface area contributed by atoms with Crippen molar-refractivity contribution in [1.82, 2.24) is 0 Å². The van der Waals surface area contributed by atoms with Gasteiger partial charge in [0.05, 0.1) is 12.4 Å². The second-order valence-electron chi connectivity index (χ2n) is 2.79. The number of hydrogen-bond donors (Lipinski definition) is 2. The largest absolute Gasteiger partial charge is 0.494 e. The van der Waals surface area contributed by atoms with Gasteiger partial charge in [-0.05, 0) is 18.6 Å². The molecule has 70 valence electrons. The number of ether oxygens (including phenoxy) is 1. The average molecular weight is 178 g/mol. The Morgan fingerprint density at radius 2 is 2.00 bits per heavy atom. The first-order valence-corrected chi connectivity index (χ1v) is 4.30. The Kier molecular flexibility index (Phi) is 3.82. The maximum atomic E-state index is 7.00. The predicted octanol–water partition coefficient (Wildman–Crippen LogP) is 1.78. The van der Waals surface area contributed by atoms with Crippen molar-refractivity contribution >= 4 is 5.84 Å². The Morgan fingerprint density at radius 3 is 2.62 bits per heavy atom. The topological polar surface area (TPSA) is 59.1 Å². The minimum absolute atomic E-state index is 0.219. The van der Waals surface area contributed by atoms with Crippen LogP contribution in [-0.2, 0) is 0 Å². The molecular formula is C10H14N2O. The van der Waals surface area contributed by atoms with E-state index in [2.05, 4.69) is 0 Å². The van der Waals surface area contributed by atoms with Gasteiger partial charge in [-0.1, -0.05) is 18.2 Å². The Bertz CT molecular complexity index is 259. The molecule has 3 nitrogen and oxygen atoms in total. The van der Waals surface area contributed by atoms with Gasteiger partial charge in [0.2, 0.25) is 0 Å². The summed E-state index contributed by atoms with van der Waals surface area (Å²) in [5.41, 5.74) is 5.20. The molecule has 1 aromatic carbocycles. The van der Waals surface area contributed by atoms with E-state index in [1.165, 1.54) is 0 Å². The van der Waals surface area contributed by atoms with Crippen LogP contribution in [0.15, 0.2) is 30.3 Å². The lowest BCUT2D eigenvalue weighted by molar-refractivity contribution is 0.313. The van der Waals surface area contributed by atoms with E-state index in [1.807, 2.05) is 30.3 Å². The fraction of sp³-hybridized carbons (Fsp3) is 0.300. The van der Waals surface area contributed by atoms with E-state index in [0.717, 1.165) is 12.2 Å². The second kappa shape index (κ2) is 5.19. The van der Waals surface area contributed by atoms with Crippen molar-refractivity contribution in [2.24, 2.45) is 5.73 Å². The van der Waals surface area contributed by atoms with E-state index in [0.29, 0.717) is 13.0 Å². The lowest BCUT2D eigenvalue weighted by Crippen LogP contribution is -2.10. The van der Waals surface area contributed by atoms with Crippen molar-refractivity contribution in [2.75, 3.05) is 6.61 Å². The smallest absolute Gasteiger partial charge is 0.119 e. The summed E-state index contributed by atoms with van der Waals surface area (Å²) in [6.07, 6.45) is 1.40. The number of hydrogen-bond acceptors (Lipinski definition) is 2. The molecule has 0 aromatic heterocycles. The third kappa shape index (κ3) is 4.15. The van der Waals surface area contributed by atoms with Crippen LogP contribution in [0.25, 0.3) is 0 Å². The van der Waals surface area contributed by atoms with Gasteiger partial charge in [-0.2, -0.15) is 0 Å². The molecule has 0 amide bonds. The molecule has 3 heteroatoms. The van der Waals surface area contributed by atoms with E-state index in [-0.39, 0.29) is 5.84 Å². The third-order valence-corrected chi connectivity index (χ3v) is 1.60. The van der Waals surface area contributed by atoms with Crippen LogP contribution in [0.3, 0.4) is 0 Å². The molecule has 0 fully saturated rings. The summed E-state index contributed by atoms with van der Waals surface area (Å²) in [5.74, 6) is 1.09. The highest BCUT2D eigenvalue weighted by atomic mass is 16.5. The summed E-state index contributed by atoms with van der Waals surface area (Å²) < 4.78 is 5.40. The van der Waals surface area contributed by atoms with Crippen LogP contribution in [0, 0.1) is 5.41 Å². The number of para-hydroxylation sites is 1. The minimum Gasteiger partial charge on any atom is -0.494 e. The number of benzene rings is 1. The van der Waals surface area contributed by atoms with Crippen LogP contribution in [0.2, 0.25) is 0 Å². The van der Waals surface area contributed by atoms with Gasteiger partial charge in [0.15, 0.2) is 0 Å². The van der Waals surface area contributed by atoms with Crippen LogP contribution in [0.4, 0.5) is 0 Å². The Labute approximate surface area is 78.0 Å². The highest BCUT2D eigenvalue weighted by molar-refractivity contribution is 5.76. The van der Waals surface area contributed by atoms with Crippen molar-refractivity contribution in [3.63, 3.8) is 0 Å². The van der Waals surface area contributed by atoms with Gasteiger partial charge in [0, 0.05) is 6.42 Å². The Balaban J connectivity index is 2.17. The Morgan fingerprint density at radius 1 is 1.31 bits per heavy atom. The molecule has 0 atom stereocenters. The minimum atomic E-state index is 0.219. The number of nitrogens with two attached hydrogens (primary N) is 1. The number of rotatable bonds is 5. The van der Waals surface area contributed by atoms with Crippen LogP contribution < -0.4 is 10.5 Å². The summed E-state index contributed by atoms with van der Waals surface area (Å²) in [7, 11) is 0. The van der Waals surface area contributed by atoms with E-state index in [9.17, 15) is 0 Å². The van der Waals surface area contributed by atoms with E-state index in [4.69, 9.17) is 15.9 Å². The monoisotopic (exact) mass is 178 g/mol. The highest BCUT2D eigenvalue weighted by Gasteiger charge is 1.92. The highest BCUT2D eigenvalue weighted by Crippen LogP contribution is 2.08. The van der Waals surface area contributed by atoms with Gasteiger partial charge in [-0.25, -0.2) is 0 Å². The molecule has 13 heavy (non-hydrogen) atoms. The van der Waals surface area contributed by atoms with Crippen LogP contribution in [-0.4, -0.2) is 12.4 Å². The van der Waals surface area contributed by atoms with Crippen molar-refractivity contribution in [2.45, 2.75) is 12.8 Å². The second-order valence-corrected chi connectivity index (χ2v) is 2.79. The molecule has 0 aliphatic heterocycles. The molecule has 0 spiro atoms. The number of nitrogens with one attached hydrogen (secondary N) is 1. The maximum absolute atomic E-state index is 7.00. The molecule has 0 saturated heterocycles. The average Bonchev–Trinajstić information content (AvgIpc) is 2.14. The first kappa shape index (κ1) is 9.58. The normalized spacial score (nSPS) is 9.54. The molecular weight excluding hydrogens is 164 g/mol. The molecule has 0 saturated carbocycles. The molecule has 1 aromatic rings. The molecule has 3 N–H and O–H groups in total. The first-order chi connectivity index (χ1) is 6.29. The van der Waals surface area contributed by atoms with Gasteiger partial charge in [-0.3, -0.25) is 5.41 Å². The zero-order valence-electron chi connectivity index (χ0n) is 7.49. The van der Waals surface area contributed by atoms with Crippen molar-refractivity contribution in [3.8, 4) is 5.75 Å². The molecule has 0 bridgehead atoms. The van der Waals surface area contributed by atoms with Crippen LogP contribution in [0.1, 0.15) is 12.8 Å². The van der Waals surface area contributed by atoms with Crippen LogP contribution >= 0.6 is 0 Å². The van der Waals surface area contributed by atoms with E-state index < -0.39 is 0 Å². The van der Waals surface area contributed by atoms with Gasteiger partial charge >= 0.3 is 0 Å². The van der Waals surface area contributed by atoms with Crippen LogP contribution in [0.5, 0.6) is 5.75 Å². The third-order valence-electron chi connectivity index (χ3n) is 1.60. The Hall–Kier alpha value is -1.51. The standard InChI is InChI=1S/C10H14N2O/c11-10(12)7-4-8-13-9-5-2-1-3-6-9/h1-3,5-6H,4,7-8H2,(H3,11,12). The van der Waals surface area contributed by atoms with Gasteiger partial charge < -0.3 is 10.5 Å². The lowest BCUT2D eigenvalue weighted by atomic mass is 10.3. The molecule has 0 unspecified atom stereocenters. The molecule has 1 rings (SSSR count). The summed E-state index contributed by atoms with van der Waals surface area (Å²) in [6, 6.07) is 9.63. The zero-order chi connectivity index (χ0) is 9.52. The molecule has 0 radical (unpaired) electrons. The molecule has 0 heterocycles. The maximum Gasteiger partial charge on any atom is 0.119 e. The van der Waals surface area contributed by atoms with Gasteiger partial charge in [0.1, 0.15) is 5.75 Å². The fourth-order valence-corrected chi connectivity index (χ4v) is 0.969. The summed E-state index contributed by atoms with van der Waals surface area (Å²) in [5, 5.41) is 7.00. The zero-order valence-corrected chi connectivity index (χ0v) is 7.49. The van der Waals surface area contributed by atoms with Gasteiger partial charge in [-0.15, -0.1) is 0 Å². The SMILES string of the molecule is N=C(N)CCCOc1ccccc1. The number of amidine groups is 1. The van der Waals surface area contributed by atoms with Crippen molar-refractivity contribution in [1.29, 1.82) is 5.41 Å². The quantitative estimate of drug-likeness (QED) is 0.410. The summed E-state index contributed by atoms with van der Waals surface area (Å²) in [4.78, 5) is 0. The summed E-state index contributed by atoms with van der Waals surface area (Å²) >= 11 is 0. The van der Waals surface area contributed by atoms with Crippen molar-refractivity contribution < 1.29 is 4.74 Å². The van der Waals surface area contributed by atoms with E-state index in [1.54, 1.807) is 0 Å². The molecule has 0 aliphatic rings. The van der Waals surface area contributed by atoms with Gasteiger partial charge in [0.25, 0.3) is 0 Å². The van der Waals surface area contributed by atoms with E-state index >= 15 is 0 Å². The predicted molar refractivity (Wildman–Crippen MR) is 53.1 cm³/mol.